The maximum Gasteiger partial charge on any atom is 0.161 e. The molecule has 0 saturated heterocycles. The molecule has 2 atom stereocenters. The van der Waals surface area contributed by atoms with E-state index in [0.29, 0.717) is 24.1 Å². The normalized spacial score (nSPS) is 14.9. The lowest BCUT2D eigenvalue weighted by atomic mass is 9.87. The smallest absolute Gasteiger partial charge is 0.161 e. The summed E-state index contributed by atoms with van der Waals surface area (Å²) in [4.78, 5) is 2.18. The van der Waals surface area contributed by atoms with Crippen molar-refractivity contribution in [1.29, 1.82) is 0 Å². The van der Waals surface area contributed by atoms with Crippen LogP contribution in [0.1, 0.15) is 39.4 Å². The SMILES string of the molecule is COc1ccc(C(O)CN(C)C(C)C(C)(C)C)cc1OC. The van der Waals surface area contributed by atoms with Gasteiger partial charge in [-0.05, 0) is 37.1 Å². The number of ether oxygens (including phenoxy) is 2. The zero-order chi connectivity index (χ0) is 16.2. The third-order valence-electron chi connectivity index (χ3n) is 4.17. The number of aliphatic hydroxyl groups excluding tert-OH is 1. The summed E-state index contributed by atoms with van der Waals surface area (Å²) in [6.45, 7) is 9.38. The van der Waals surface area contributed by atoms with Crippen LogP contribution in [0.2, 0.25) is 0 Å². The molecule has 0 saturated carbocycles. The monoisotopic (exact) mass is 295 g/mol. The van der Waals surface area contributed by atoms with Crippen molar-refractivity contribution < 1.29 is 14.6 Å². The van der Waals surface area contributed by atoms with Crippen LogP contribution < -0.4 is 9.47 Å². The van der Waals surface area contributed by atoms with E-state index in [-0.39, 0.29) is 5.41 Å². The van der Waals surface area contributed by atoms with Gasteiger partial charge < -0.3 is 19.5 Å². The van der Waals surface area contributed by atoms with E-state index in [0.717, 1.165) is 5.56 Å². The summed E-state index contributed by atoms with van der Waals surface area (Å²) in [6.07, 6.45) is -0.556. The predicted octanol–water partition coefficient (Wildman–Crippen LogP) is 3.10. The van der Waals surface area contributed by atoms with Crippen LogP contribution in [-0.2, 0) is 0 Å². The van der Waals surface area contributed by atoms with Crippen molar-refractivity contribution >= 4 is 0 Å². The van der Waals surface area contributed by atoms with Gasteiger partial charge >= 0.3 is 0 Å². The summed E-state index contributed by atoms with van der Waals surface area (Å²) in [5.41, 5.74) is 1.01. The van der Waals surface area contributed by atoms with Crippen molar-refractivity contribution in [2.75, 3.05) is 27.8 Å². The second-order valence-electron chi connectivity index (χ2n) is 6.61. The van der Waals surface area contributed by atoms with Gasteiger partial charge in [-0.3, -0.25) is 0 Å². The van der Waals surface area contributed by atoms with Gasteiger partial charge in [-0.1, -0.05) is 26.8 Å². The number of likely N-dealkylation sites (N-methyl/N-ethyl adjacent to an activating group) is 1. The fourth-order valence-electron chi connectivity index (χ4n) is 2.26. The van der Waals surface area contributed by atoms with Crippen LogP contribution in [0.3, 0.4) is 0 Å². The second kappa shape index (κ2) is 7.14. The van der Waals surface area contributed by atoms with Crippen LogP contribution >= 0.6 is 0 Å². The Balaban J connectivity index is 2.82. The van der Waals surface area contributed by atoms with Crippen LogP contribution in [0.5, 0.6) is 11.5 Å². The fourth-order valence-corrected chi connectivity index (χ4v) is 2.26. The van der Waals surface area contributed by atoms with Crippen LogP contribution in [0, 0.1) is 5.41 Å². The standard InChI is InChI=1S/C17H29NO3/c1-12(17(2,3)4)18(5)11-14(19)13-8-9-15(20-6)16(10-13)21-7/h8-10,12,14,19H,11H2,1-7H3. The molecule has 1 aromatic carbocycles. The van der Waals surface area contributed by atoms with Crippen LogP contribution in [0.4, 0.5) is 0 Å². The predicted molar refractivity (Wildman–Crippen MR) is 86.1 cm³/mol. The summed E-state index contributed by atoms with van der Waals surface area (Å²) in [5.74, 6) is 1.31. The van der Waals surface area contributed by atoms with Gasteiger partial charge in [0.2, 0.25) is 0 Å². The summed E-state index contributed by atoms with van der Waals surface area (Å²) in [5, 5.41) is 10.5. The van der Waals surface area contributed by atoms with Gasteiger partial charge in [-0.15, -0.1) is 0 Å². The first-order chi connectivity index (χ1) is 9.70. The van der Waals surface area contributed by atoms with Crippen LogP contribution in [0.15, 0.2) is 18.2 Å². The highest BCUT2D eigenvalue weighted by molar-refractivity contribution is 5.43. The maximum atomic E-state index is 10.5. The Labute approximate surface area is 128 Å². The molecule has 0 spiro atoms. The number of hydrogen-bond acceptors (Lipinski definition) is 4. The lowest BCUT2D eigenvalue weighted by Gasteiger charge is -2.36. The zero-order valence-electron chi connectivity index (χ0n) is 14.3. The Morgan fingerprint density at radius 2 is 1.71 bits per heavy atom. The Morgan fingerprint density at radius 3 is 2.19 bits per heavy atom. The van der Waals surface area contributed by atoms with Gasteiger partial charge in [0.15, 0.2) is 11.5 Å². The molecule has 4 heteroatoms. The number of hydrogen-bond donors (Lipinski definition) is 1. The first-order valence-electron chi connectivity index (χ1n) is 7.31. The van der Waals surface area contributed by atoms with E-state index in [1.54, 1.807) is 14.2 Å². The quantitative estimate of drug-likeness (QED) is 0.875. The summed E-state index contributed by atoms with van der Waals surface area (Å²) in [6, 6.07) is 5.90. The highest BCUT2D eigenvalue weighted by atomic mass is 16.5. The number of rotatable bonds is 6. The van der Waals surface area contributed by atoms with E-state index in [2.05, 4.69) is 32.6 Å². The maximum absolute atomic E-state index is 10.5. The molecule has 4 nitrogen and oxygen atoms in total. The molecule has 0 bridgehead atoms. The van der Waals surface area contributed by atoms with Crippen molar-refractivity contribution in [2.45, 2.75) is 39.8 Å². The lowest BCUT2D eigenvalue weighted by molar-refractivity contribution is 0.0713. The Morgan fingerprint density at radius 1 is 1.14 bits per heavy atom. The van der Waals surface area contributed by atoms with Crippen molar-refractivity contribution in [1.82, 2.24) is 4.90 Å². The average molecular weight is 295 g/mol. The third kappa shape index (κ3) is 4.61. The minimum Gasteiger partial charge on any atom is -0.493 e. The van der Waals surface area contributed by atoms with Gasteiger partial charge in [-0.25, -0.2) is 0 Å². The summed E-state index contributed by atoms with van der Waals surface area (Å²) < 4.78 is 10.5. The first kappa shape index (κ1) is 17.8. The average Bonchev–Trinajstić information content (AvgIpc) is 2.44. The van der Waals surface area contributed by atoms with Crippen LogP contribution in [-0.4, -0.2) is 43.9 Å². The molecule has 0 aliphatic rings. The van der Waals surface area contributed by atoms with E-state index in [1.165, 1.54) is 0 Å². The molecule has 1 N–H and O–H groups in total. The number of nitrogens with zero attached hydrogens (tertiary/aromatic N) is 1. The van der Waals surface area contributed by atoms with Crippen LogP contribution in [0.25, 0.3) is 0 Å². The van der Waals surface area contributed by atoms with Crippen molar-refractivity contribution in [3.63, 3.8) is 0 Å². The van der Waals surface area contributed by atoms with Gasteiger partial charge in [0.25, 0.3) is 0 Å². The molecule has 0 radical (unpaired) electrons. The third-order valence-corrected chi connectivity index (χ3v) is 4.17. The molecule has 120 valence electrons. The van der Waals surface area contributed by atoms with E-state index >= 15 is 0 Å². The van der Waals surface area contributed by atoms with Crippen molar-refractivity contribution in [3.8, 4) is 11.5 Å². The van der Waals surface area contributed by atoms with Gasteiger partial charge in [0.1, 0.15) is 0 Å². The minimum absolute atomic E-state index is 0.173. The van der Waals surface area contributed by atoms with E-state index in [1.807, 2.05) is 25.2 Å². The number of methoxy groups -OCH3 is 2. The van der Waals surface area contributed by atoms with Crippen molar-refractivity contribution in [3.05, 3.63) is 23.8 Å². The molecular formula is C17H29NO3. The Hall–Kier alpha value is -1.26. The molecule has 0 heterocycles. The zero-order valence-corrected chi connectivity index (χ0v) is 14.3. The summed E-state index contributed by atoms with van der Waals surface area (Å²) >= 11 is 0. The number of benzene rings is 1. The molecule has 1 aromatic rings. The molecule has 21 heavy (non-hydrogen) atoms. The van der Waals surface area contributed by atoms with Crippen molar-refractivity contribution in [2.24, 2.45) is 5.41 Å². The molecule has 1 rings (SSSR count). The molecule has 2 unspecified atom stereocenters. The van der Waals surface area contributed by atoms with E-state index < -0.39 is 6.10 Å². The highest BCUT2D eigenvalue weighted by Gasteiger charge is 2.25. The van der Waals surface area contributed by atoms with Gasteiger partial charge in [0.05, 0.1) is 20.3 Å². The Bertz CT molecular complexity index is 454. The van der Waals surface area contributed by atoms with Gasteiger partial charge in [-0.2, -0.15) is 0 Å². The first-order valence-corrected chi connectivity index (χ1v) is 7.31. The van der Waals surface area contributed by atoms with E-state index in [9.17, 15) is 5.11 Å². The molecule has 0 aliphatic heterocycles. The molecule has 0 aromatic heterocycles. The molecule has 0 fully saturated rings. The molecular weight excluding hydrogens is 266 g/mol. The lowest BCUT2D eigenvalue weighted by Crippen LogP contribution is -2.41. The highest BCUT2D eigenvalue weighted by Crippen LogP contribution is 2.31. The molecule has 0 amide bonds. The van der Waals surface area contributed by atoms with E-state index in [4.69, 9.17) is 9.47 Å². The fraction of sp³-hybridized carbons (Fsp3) is 0.647. The summed E-state index contributed by atoms with van der Waals surface area (Å²) in [7, 11) is 5.24. The topological polar surface area (TPSA) is 41.9 Å². The minimum atomic E-state index is -0.556. The Kier molecular flexibility index (Phi) is 6.05. The van der Waals surface area contributed by atoms with Gasteiger partial charge in [0, 0.05) is 12.6 Å². The largest absolute Gasteiger partial charge is 0.493 e. The second-order valence-corrected chi connectivity index (χ2v) is 6.61. The molecule has 0 aliphatic carbocycles. The number of aliphatic hydroxyl groups is 1.